The molecule has 0 radical (unpaired) electrons. The fourth-order valence-corrected chi connectivity index (χ4v) is 3.25. The molecule has 1 aromatic rings. The van der Waals surface area contributed by atoms with Crippen LogP contribution in [0.4, 0.5) is 26.3 Å². The van der Waals surface area contributed by atoms with E-state index in [1.807, 2.05) is 6.92 Å². The van der Waals surface area contributed by atoms with Crippen LogP contribution in [0.3, 0.4) is 0 Å². The molecule has 0 aliphatic carbocycles. The van der Waals surface area contributed by atoms with Crippen LogP contribution in [-0.2, 0) is 21.9 Å². The minimum absolute atomic E-state index is 0.0271. The second-order valence-electron chi connectivity index (χ2n) is 7.89. The molecule has 170 valence electrons. The standard InChI is InChI=1S/C20H26F6N2O2/c1-4-17(29)28-16-5-6-18(3,27-10-16)11-30-12(2)13-7-14(19(21,22)23)9-15(8-13)20(24,25)26/h7-9,12,16,27H,4-6,10-11H2,1-3H3,(H,28,29). The number of benzene rings is 1. The number of carbonyl (C=O) groups excluding carboxylic acids is 1. The van der Waals surface area contributed by atoms with Crippen molar-refractivity contribution in [3.63, 3.8) is 0 Å². The predicted molar refractivity (Wildman–Crippen MR) is 98.7 cm³/mol. The summed E-state index contributed by atoms with van der Waals surface area (Å²) in [6, 6.07) is 1.45. The largest absolute Gasteiger partial charge is 0.416 e. The average molecular weight is 440 g/mol. The van der Waals surface area contributed by atoms with Crippen molar-refractivity contribution in [1.29, 1.82) is 0 Å². The molecule has 1 saturated heterocycles. The van der Waals surface area contributed by atoms with Gasteiger partial charge in [-0.05, 0) is 50.5 Å². The van der Waals surface area contributed by atoms with Crippen molar-refractivity contribution in [2.45, 2.75) is 70.1 Å². The molecule has 0 saturated carbocycles. The molecule has 0 aromatic heterocycles. The SMILES string of the molecule is CCC(=O)NC1CCC(C)(COC(C)c2cc(C(F)(F)F)cc(C(F)(F)F)c2)NC1. The fraction of sp³-hybridized carbons (Fsp3) is 0.650. The Kier molecular flexibility index (Phi) is 7.45. The van der Waals surface area contributed by atoms with Crippen molar-refractivity contribution in [1.82, 2.24) is 10.6 Å². The maximum absolute atomic E-state index is 13.0. The highest BCUT2D eigenvalue weighted by molar-refractivity contribution is 5.75. The van der Waals surface area contributed by atoms with Gasteiger partial charge in [-0.3, -0.25) is 4.79 Å². The Bertz CT molecular complexity index is 708. The molecule has 4 nitrogen and oxygen atoms in total. The molecule has 10 heteroatoms. The first-order valence-electron chi connectivity index (χ1n) is 9.69. The Morgan fingerprint density at radius 2 is 1.77 bits per heavy atom. The Hall–Kier alpha value is -1.81. The van der Waals surface area contributed by atoms with E-state index in [-0.39, 0.29) is 30.2 Å². The number of halogens is 6. The van der Waals surface area contributed by atoms with Gasteiger partial charge in [0.05, 0.1) is 23.8 Å². The van der Waals surface area contributed by atoms with E-state index in [9.17, 15) is 31.1 Å². The highest BCUT2D eigenvalue weighted by Crippen LogP contribution is 2.38. The molecule has 0 bridgehead atoms. The van der Waals surface area contributed by atoms with Gasteiger partial charge >= 0.3 is 12.4 Å². The van der Waals surface area contributed by atoms with Crippen LogP contribution in [0.1, 0.15) is 62.8 Å². The first-order chi connectivity index (χ1) is 13.7. The van der Waals surface area contributed by atoms with E-state index >= 15 is 0 Å². The molecule has 0 spiro atoms. The van der Waals surface area contributed by atoms with E-state index in [0.29, 0.717) is 37.9 Å². The number of alkyl halides is 6. The minimum atomic E-state index is -4.90. The summed E-state index contributed by atoms with van der Waals surface area (Å²) in [5.41, 5.74) is -3.42. The smallest absolute Gasteiger partial charge is 0.372 e. The van der Waals surface area contributed by atoms with E-state index < -0.39 is 35.1 Å². The van der Waals surface area contributed by atoms with Gasteiger partial charge < -0.3 is 15.4 Å². The third kappa shape index (κ3) is 6.60. The van der Waals surface area contributed by atoms with Gasteiger partial charge in [-0.15, -0.1) is 0 Å². The molecular formula is C20H26F6N2O2. The van der Waals surface area contributed by atoms with E-state index in [2.05, 4.69) is 10.6 Å². The summed E-state index contributed by atoms with van der Waals surface area (Å²) in [6.45, 7) is 5.64. The van der Waals surface area contributed by atoms with Crippen molar-refractivity contribution in [2.24, 2.45) is 0 Å². The monoisotopic (exact) mass is 440 g/mol. The molecule has 2 rings (SSSR count). The van der Waals surface area contributed by atoms with Gasteiger partial charge in [-0.2, -0.15) is 26.3 Å². The van der Waals surface area contributed by atoms with Crippen LogP contribution in [0.5, 0.6) is 0 Å². The summed E-state index contributed by atoms with van der Waals surface area (Å²) in [4.78, 5) is 11.5. The summed E-state index contributed by atoms with van der Waals surface area (Å²) in [7, 11) is 0. The predicted octanol–water partition coefficient (Wildman–Crippen LogP) is 4.84. The lowest BCUT2D eigenvalue weighted by Crippen LogP contribution is -2.57. The van der Waals surface area contributed by atoms with Crippen molar-refractivity contribution in [2.75, 3.05) is 13.2 Å². The average Bonchev–Trinajstić information content (AvgIpc) is 2.66. The number of carbonyl (C=O) groups is 1. The Balaban J connectivity index is 2.06. The fourth-order valence-electron chi connectivity index (χ4n) is 3.25. The van der Waals surface area contributed by atoms with Gasteiger partial charge in [0.1, 0.15) is 0 Å². The Morgan fingerprint density at radius 1 is 1.20 bits per heavy atom. The molecule has 1 fully saturated rings. The van der Waals surface area contributed by atoms with Crippen LogP contribution < -0.4 is 10.6 Å². The Labute approximate surface area is 171 Å². The summed E-state index contributed by atoms with van der Waals surface area (Å²) in [5.74, 6) is -0.0553. The van der Waals surface area contributed by atoms with E-state index in [1.54, 1.807) is 6.92 Å². The molecule has 1 aliphatic rings. The zero-order valence-electron chi connectivity index (χ0n) is 17.0. The van der Waals surface area contributed by atoms with Crippen molar-refractivity contribution in [3.05, 3.63) is 34.9 Å². The van der Waals surface area contributed by atoms with Crippen LogP contribution in [0, 0.1) is 0 Å². The number of hydrogen-bond donors (Lipinski definition) is 2. The maximum Gasteiger partial charge on any atom is 0.416 e. The summed E-state index contributed by atoms with van der Waals surface area (Å²) < 4.78 is 83.9. The molecule has 30 heavy (non-hydrogen) atoms. The van der Waals surface area contributed by atoms with Gasteiger partial charge in [0.25, 0.3) is 0 Å². The van der Waals surface area contributed by atoms with Crippen molar-refractivity contribution >= 4 is 5.91 Å². The highest BCUT2D eigenvalue weighted by Gasteiger charge is 2.38. The van der Waals surface area contributed by atoms with Crippen molar-refractivity contribution in [3.8, 4) is 0 Å². The molecule has 1 aliphatic heterocycles. The number of rotatable bonds is 6. The lowest BCUT2D eigenvalue weighted by molar-refractivity contribution is -0.143. The third-order valence-corrected chi connectivity index (χ3v) is 5.24. The zero-order chi connectivity index (χ0) is 22.7. The van der Waals surface area contributed by atoms with Crippen LogP contribution in [-0.4, -0.2) is 30.6 Å². The van der Waals surface area contributed by atoms with Gasteiger partial charge in [0.2, 0.25) is 5.91 Å². The van der Waals surface area contributed by atoms with Crippen LogP contribution in [0.2, 0.25) is 0 Å². The van der Waals surface area contributed by atoms with Crippen LogP contribution >= 0.6 is 0 Å². The summed E-state index contributed by atoms with van der Waals surface area (Å²) in [5, 5.41) is 6.14. The highest BCUT2D eigenvalue weighted by atomic mass is 19.4. The van der Waals surface area contributed by atoms with E-state index in [4.69, 9.17) is 4.74 Å². The maximum atomic E-state index is 13.0. The minimum Gasteiger partial charge on any atom is -0.372 e. The van der Waals surface area contributed by atoms with E-state index in [0.717, 1.165) is 0 Å². The number of hydrogen-bond acceptors (Lipinski definition) is 3. The first kappa shape index (κ1) is 24.5. The molecule has 3 unspecified atom stereocenters. The van der Waals surface area contributed by atoms with Crippen molar-refractivity contribution < 1.29 is 35.9 Å². The molecule has 1 heterocycles. The van der Waals surface area contributed by atoms with Crippen LogP contribution in [0.15, 0.2) is 18.2 Å². The number of amides is 1. The van der Waals surface area contributed by atoms with Gasteiger partial charge in [0.15, 0.2) is 0 Å². The summed E-state index contributed by atoms with van der Waals surface area (Å²) in [6.07, 6.45) is -9.07. The molecule has 1 aromatic carbocycles. The zero-order valence-corrected chi connectivity index (χ0v) is 17.0. The first-order valence-corrected chi connectivity index (χ1v) is 9.69. The Morgan fingerprint density at radius 3 is 2.20 bits per heavy atom. The van der Waals surface area contributed by atoms with Gasteiger partial charge in [-0.25, -0.2) is 0 Å². The number of ether oxygens (including phenoxy) is 1. The summed E-state index contributed by atoms with van der Waals surface area (Å²) >= 11 is 0. The quantitative estimate of drug-likeness (QED) is 0.623. The number of piperidine rings is 1. The lowest BCUT2D eigenvalue weighted by atomic mass is 9.89. The molecule has 3 atom stereocenters. The second kappa shape index (κ2) is 9.13. The van der Waals surface area contributed by atoms with Crippen LogP contribution in [0.25, 0.3) is 0 Å². The molecular weight excluding hydrogens is 414 g/mol. The number of nitrogens with one attached hydrogen (secondary N) is 2. The van der Waals surface area contributed by atoms with Gasteiger partial charge in [0, 0.05) is 24.5 Å². The van der Waals surface area contributed by atoms with Gasteiger partial charge in [-0.1, -0.05) is 6.92 Å². The topological polar surface area (TPSA) is 50.4 Å². The lowest BCUT2D eigenvalue weighted by Gasteiger charge is -2.39. The third-order valence-electron chi connectivity index (χ3n) is 5.24. The normalized spacial score (nSPS) is 23.8. The van der Waals surface area contributed by atoms with E-state index in [1.165, 1.54) is 6.92 Å². The molecule has 1 amide bonds. The molecule has 2 N–H and O–H groups in total. The second-order valence-corrected chi connectivity index (χ2v) is 7.89.